The summed E-state index contributed by atoms with van der Waals surface area (Å²) in [5, 5.41) is 0.764. The first-order valence-electron chi connectivity index (χ1n) is 6.76. The number of anilines is 1. The summed E-state index contributed by atoms with van der Waals surface area (Å²) in [7, 11) is 0. The lowest BCUT2D eigenvalue weighted by Gasteiger charge is -2.05. The summed E-state index contributed by atoms with van der Waals surface area (Å²) < 4.78 is 0. The number of rotatable bonds is 4. The minimum atomic E-state index is 0.764. The van der Waals surface area contributed by atoms with E-state index >= 15 is 0 Å². The van der Waals surface area contributed by atoms with Crippen LogP contribution in [0.25, 0.3) is 0 Å². The first-order valence-corrected chi connectivity index (χ1v) is 8.77. The minimum absolute atomic E-state index is 0.764. The fourth-order valence-corrected chi connectivity index (χ4v) is 3.65. The molecule has 3 aromatic carbocycles. The molecule has 22 heavy (non-hydrogen) atoms. The third-order valence-electron chi connectivity index (χ3n) is 2.99. The summed E-state index contributed by atoms with van der Waals surface area (Å²) in [6.45, 7) is 0. The van der Waals surface area contributed by atoms with Crippen molar-refractivity contribution in [2.24, 2.45) is 0 Å². The lowest BCUT2D eigenvalue weighted by atomic mass is 10.3. The van der Waals surface area contributed by atoms with Gasteiger partial charge in [0, 0.05) is 30.3 Å². The maximum absolute atomic E-state index is 5.90. The van der Waals surface area contributed by atoms with Crippen molar-refractivity contribution in [1.29, 1.82) is 0 Å². The molecular formula is C18H14ClNS2. The molecule has 0 bridgehead atoms. The van der Waals surface area contributed by atoms with Gasteiger partial charge in [-0.05, 0) is 72.8 Å². The van der Waals surface area contributed by atoms with Gasteiger partial charge in [0.15, 0.2) is 0 Å². The van der Waals surface area contributed by atoms with E-state index in [0.717, 1.165) is 10.7 Å². The molecule has 0 spiro atoms. The third kappa shape index (κ3) is 4.23. The Balaban J connectivity index is 1.67. The van der Waals surface area contributed by atoms with E-state index in [0.29, 0.717) is 0 Å². The van der Waals surface area contributed by atoms with Gasteiger partial charge in [0.25, 0.3) is 0 Å². The molecular weight excluding hydrogens is 330 g/mol. The summed E-state index contributed by atoms with van der Waals surface area (Å²) in [5.74, 6) is 0. The first-order chi connectivity index (χ1) is 10.7. The van der Waals surface area contributed by atoms with Crippen LogP contribution in [0.5, 0.6) is 0 Å². The standard InChI is InChI=1S/C18H14ClNS2/c19-13-1-5-15(6-2-13)21-17-9-11-18(12-10-17)22-16-7-3-14(20)4-8-16/h1-12H,20H2. The van der Waals surface area contributed by atoms with Crippen LogP contribution in [0.3, 0.4) is 0 Å². The molecule has 0 unspecified atom stereocenters. The highest BCUT2D eigenvalue weighted by atomic mass is 35.5. The van der Waals surface area contributed by atoms with Crippen molar-refractivity contribution in [2.45, 2.75) is 19.6 Å². The fourth-order valence-electron chi connectivity index (χ4n) is 1.89. The lowest BCUT2D eigenvalue weighted by Crippen LogP contribution is -1.82. The normalized spacial score (nSPS) is 10.6. The lowest BCUT2D eigenvalue weighted by molar-refractivity contribution is 1.33. The second-order valence-corrected chi connectivity index (χ2v) is 7.43. The molecule has 3 rings (SSSR count). The zero-order valence-electron chi connectivity index (χ0n) is 11.7. The van der Waals surface area contributed by atoms with Gasteiger partial charge in [-0.3, -0.25) is 0 Å². The second-order valence-electron chi connectivity index (χ2n) is 4.70. The molecule has 0 aliphatic heterocycles. The highest BCUT2D eigenvalue weighted by Gasteiger charge is 2.00. The molecule has 0 amide bonds. The van der Waals surface area contributed by atoms with Gasteiger partial charge in [-0.2, -0.15) is 0 Å². The van der Waals surface area contributed by atoms with E-state index in [1.165, 1.54) is 19.6 Å². The quantitative estimate of drug-likeness (QED) is 0.569. The van der Waals surface area contributed by atoms with Gasteiger partial charge >= 0.3 is 0 Å². The van der Waals surface area contributed by atoms with Crippen LogP contribution in [0.2, 0.25) is 5.02 Å². The smallest absolute Gasteiger partial charge is 0.0406 e. The van der Waals surface area contributed by atoms with Crippen LogP contribution in [-0.4, -0.2) is 0 Å². The molecule has 0 saturated heterocycles. The molecule has 110 valence electrons. The van der Waals surface area contributed by atoms with E-state index in [4.69, 9.17) is 17.3 Å². The van der Waals surface area contributed by atoms with E-state index in [2.05, 4.69) is 24.3 Å². The van der Waals surface area contributed by atoms with E-state index in [9.17, 15) is 0 Å². The molecule has 0 radical (unpaired) electrons. The maximum Gasteiger partial charge on any atom is 0.0406 e. The predicted octanol–water partition coefficient (Wildman–Crippen LogP) is 6.22. The molecule has 0 aliphatic carbocycles. The molecule has 1 nitrogen and oxygen atoms in total. The Labute approximate surface area is 143 Å². The summed E-state index contributed by atoms with van der Waals surface area (Å²) >= 11 is 9.36. The number of halogens is 1. The van der Waals surface area contributed by atoms with Gasteiger partial charge in [0.1, 0.15) is 0 Å². The van der Waals surface area contributed by atoms with Crippen molar-refractivity contribution < 1.29 is 0 Å². The largest absolute Gasteiger partial charge is 0.399 e. The molecule has 0 atom stereocenters. The summed E-state index contributed by atoms with van der Waals surface area (Å²) in [5.41, 5.74) is 6.49. The monoisotopic (exact) mass is 343 g/mol. The molecule has 2 N–H and O–H groups in total. The van der Waals surface area contributed by atoms with E-state index in [1.807, 2.05) is 48.5 Å². The maximum atomic E-state index is 5.90. The Morgan fingerprint density at radius 3 is 1.27 bits per heavy atom. The Morgan fingerprint density at radius 1 is 0.545 bits per heavy atom. The number of hydrogen-bond acceptors (Lipinski definition) is 3. The second kappa shape index (κ2) is 7.14. The zero-order chi connectivity index (χ0) is 15.4. The van der Waals surface area contributed by atoms with Gasteiger partial charge < -0.3 is 5.73 Å². The summed E-state index contributed by atoms with van der Waals surface area (Å²) in [6, 6.07) is 24.4. The van der Waals surface area contributed by atoms with Crippen LogP contribution >= 0.6 is 35.1 Å². The SMILES string of the molecule is Nc1ccc(Sc2ccc(Sc3ccc(Cl)cc3)cc2)cc1. The fraction of sp³-hybridized carbons (Fsp3) is 0. The molecule has 0 saturated carbocycles. The van der Waals surface area contributed by atoms with E-state index in [1.54, 1.807) is 23.5 Å². The van der Waals surface area contributed by atoms with Crippen LogP contribution in [0.15, 0.2) is 92.4 Å². The zero-order valence-corrected chi connectivity index (χ0v) is 14.1. The number of nitrogen functional groups attached to an aromatic ring is 1. The van der Waals surface area contributed by atoms with Gasteiger partial charge in [-0.15, -0.1) is 0 Å². The Hall–Kier alpha value is -1.55. The summed E-state index contributed by atoms with van der Waals surface area (Å²) in [6.07, 6.45) is 0. The van der Waals surface area contributed by atoms with Crippen LogP contribution in [0.4, 0.5) is 5.69 Å². The molecule has 0 aromatic heterocycles. The van der Waals surface area contributed by atoms with Gasteiger partial charge in [-0.25, -0.2) is 0 Å². The molecule has 4 heteroatoms. The Morgan fingerprint density at radius 2 is 0.864 bits per heavy atom. The first kappa shape index (κ1) is 15.3. The Bertz CT molecular complexity index is 671. The van der Waals surface area contributed by atoms with Gasteiger partial charge in [0.2, 0.25) is 0 Å². The topological polar surface area (TPSA) is 26.0 Å². The minimum Gasteiger partial charge on any atom is -0.399 e. The molecule has 0 aliphatic rings. The predicted molar refractivity (Wildman–Crippen MR) is 97.0 cm³/mol. The van der Waals surface area contributed by atoms with Crippen molar-refractivity contribution >= 4 is 40.8 Å². The van der Waals surface area contributed by atoms with Crippen molar-refractivity contribution in [2.75, 3.05) is 5.73 Å². The van der Waals surface area contributed by atoms with Crippen LogP contribution in [0.1, 0.15) is 0 Å². The van der Waals surface area contributed by atoms with Crippen molar-refractivity contribution in [3.8, 4) is 0 Å². The number of nitrogens with two attached hydrogens (primary N) is 1. The number of benzene rings is 3. The van der Waals surface area contributed by atoms with Crippen LogP contribution in [-0.2, 0) is 0 Å². The van der Waals surface area contributed by atoms with E-state index in [-0.39, 0.29) is 0 Å². The van der Waals surface area contributed by atoms with Gasteiger partial charge in [-0.1, -0.05) is 35.1 Å². The Kier molecular flexibility index (Phi) is 4.98. The number of hydrogen-bond donors (Lipinski definition) is 1. The highest BCUT2D eigenvalue weighted by molar-refractivity contribution is 7.99. The van der Waals surface area contributed by atoms with Gasteiger partial charge in [0.05, 0.1) is 0 Å². The van der Waals surface area contributed by atoms with E-state index < -0.39 is 0 Å². The van der Waals surface area contributed by atoms with Crippen LogP contribution in [0, 0.1) is 0 Å². The molecule has 3 aromatic rings. The third-order valence-corrected chi connectivity index (χ3v) is 5.27. The van der Waals surface area contributed by atoms with Crippen LogP contribution < -0.4 is 5.73 Å². The van der Waals surface area contributed by atoms with Crippen molar-refractivity contribution in [3.05, 3.63) is 77.8 Å². The highest BCUT2D eigenvalue weighted by Crippen LogP contribution is 2.32. The molecule has 0 heterocycles. The van der Waals surface area contributed by atoms with Crippen molar-refractivity contribution in [1.82, 2.24) is 0 Å². The molecule has 0 fully saturated rings. The average molecular weight is 344 g/mol. The summed E-state index contributed by atoms with van der Waals surface area (Å²) in [4.78, 5) is 4.80. The van der Waals surface area contributed by atoms with Crippen molar-refractivity contribution in [3.63, 3.8) is 0 Å². The average Bonchev–Trinajstić information content (AvgIpc) is 2.54.